The molecule has 1 unspecified atom stereocenters. The second-order valence-corrected chi connectivity index (χ2v) is 5.61. The number of aromatic nitrogens is 2. The fourth-order valence-corrected chi connectivity index (χ4v) is 2.80. The first-order chi connectivity index (χ1) is 8.11. The van der Waals surface area contributed by atoms with Gasteiger partial charge in [-0.05, 0) is 40.0 Å². The van der Waals surface area contributed by atoms with E-state index >= 15 is 0 Å². The summed E-state index contributed by atoms with van der Waals surface area (Å²) < 4.78 is 2.26. The molecule has 2 heterocycles. The lowest BCUT2D eigenvalue weighted by molar-refractivity contribution is 0.588. The number of aryl methyl sites for hydroxylation is 2. The predicted molar refractivity (Wildman–Crippen MR) is 72.6 cm³/mol. The van der Waals surface area contributed by atoms with Crippen LogP contribution >= 0.6 is 11.3 Å². The molecule has 0 saturated carbocycles. The zero-order valence-electron chi connectivity index (χ0n) is 10.8. The maximum Gasteiger partial charge on any atom is 0.113 e. The van der Waals surface area contributed by atoms with Gasteiger partial charge in [0, 0.05) is 22.8 Å². The lowest BCUT2D eigenvalue weighted by Gasteiger charge is -2.13. The molecule has 0 saturated heterocycles. The van der Waals surface area contributed by atoms with Gasteiger partial charge in [0.1, 0.15) is 5.01 Å². The van der Waals surface area contributed by atoms with Crippen molar-refractivity contribution in [3.63, 3.8) is 0 Å². The van der Waals surface area contributed by atoms with Crippen LogP contribution in [-0.2, 0) is 6.54 Å². The summed E-state index contributed by atoms with van der Waals surface area (Å²) in [5.41, 5.74) is 2.46. The fourth-order valence-electron chi connectivity index (χ4n) is 1.86. The Morgan fingerprint density at radius 2 is 2.24 bits per heavy atom. The molecule has 3 nitrogen and oxygen atoms in total. The minimum absolute atomic E-state index is 0.368. The lowest BCUT2D eigenvalue weighted by atomic mass is 10.2. The van der Waals surface area contributed by atoms with E-state index < -0.39 is 0 Å². The van der Waals surface area contributed by atoms with Crippen molar-refractivity contribution in [2.75, 3.05) is 7.05 Å². The highest BCUT2D eigenvalue weighted by atomic mass is 32.1. The first-order valence-electron chi connectivity index (χ1n) is 5.87. The van der Waals surface area contributed by atoms with Crippen LogP contribution in [0.25, 0.3) is 0 Å². The highest BCUT2D eigenvalue weighted by molar-refractivity contribution is 7.11. The first-order valence-corrected chi connectivity index (χ1v) is 6.68. The second-order valence-electron chi connectivity index (χ2n) is 4.32. The van der Waals surface area contributed by atoms with Gasteiger partial charge in [0.2, 0.25) is 0 Å². The molecule has 2 aromatic heterocycles. The normalized spacial score (nSPS) is 12.9. The number of rotatable bonds is 4. The summed E-state index contributed by atoms with van der Waals surface area (Å²) >= 11 is 1.79. The summed E-state index contributed by atoms with van der Waals surface area (Å²) in [5.74, 6) is 0. The molecule has 2 rings (SSSR count). The summed E-state index contributed by atoms with van der Waals surface area (Å²) in [6.07, 6.45) is 2.12. The highest BCUT2D eigenvalue weighted by Gasteiger charge is 2.10. The van der Waals surface area contributed by atoms with Gasteiger partial charge in [-0.3, -0.25) is 0 Å². The van der Waals surface area contributed by atoms with Crippen LogP contribution in [0.4, 0.5) is 0 Å². The molecule has 0 radical (unpaired) electrons. The average molecular weight is 249 g/mol. The largest absolute Gasteiger partial charge is 0.343 e. The van der Waals surface area contributed by atoms with E-state index in [9.17, 15) is 0 Å². The minimum Gasteiger partial charge on any atom is -0.343 e. The topological polar surface area (TPSA) is 29.9 Å². The zero-order valence-corrected chi connectivity index (χ0v) is 11.6. The lowest BCUT2D eigenvalue weighted by Crippen LogP contribution is -2.16. The van der Waals surface area contributed by atoms with Gasteiger partial charge in [-0.25, -0.2) is 4.98 Å². The molecule has 2 aromatic rings. The van der Waals surface area contributed by atoms with Gasteiger partial charge in [0.25, 0.3) is 0 Å². The van der Waals surface area contributed by atoms with E-state index in [-0.39, 0.29) is 0 Å². The average Bonchev–Trinajstić information content (AvgIpc) is 2.86. The Bertz CT molecular complexity index is 479. The van der Waals surface area contributed by atoms with E-state index in [1.807, 2.05) is 7.05 Å². The molecule has 1 atom stereocenters. The van der Waals surface area contributed by atoms with Crippen molar-refractivity contribution in [2.45, 2.75) is 33.4 Å². The van der Waals surface area contributed by atoms with Gasteiger partial charge in [0.15, 0.2) is 0 Å². The Morgan fingerprint density at radius 3 is 2.82 bits per heavy atom. The Balaban J connectivity index is 2.21. The second kappa shape index (κ2) is 5.02. The summed E-state index contributed by atoms with van der Waals surface area (Å²) in [7, 11) is 1.99. The van der Waals surface area contributed by atoms with Crippen LogP contribution < -0.4 is 5.32 Å². The number of nitrogens with one attached hydrogen (secondary N) is 1. The van der Waals surface area contributed by atoms with E-state index in [0.717, 1.165) is 12.2 Å². The third-order valence-electron chi connectivity index (χ3n) is 3.12. The molecule has 17 heavy (non-hydrogen) atoms. The molecule has 0 aliphatic rings. The van der Waals surface area contributed by atoms with Gasteiger partial charge >= 0.3 is 0 Å². The third kappa shape index (κ3) is 2.58. The summed E-state index contributed by atoms with van der Waals surface area (Å²) in [6.45, 7) is 7.24. The molecule has 0 bridgehead atoms. The van der Waals surface area contributed by atoms with Crippen molar-refractivity contribution in [2.24, 2.45) is 0 Å². The summed E-state index contributed by atoms with van der Waals surface area (Å²) in [4.78, 5) is 5.90. The Labute approximate surface area is 107 Å². The number of nitrogens with zero attached hydrogens (tertiary/aromatic N) is 2. The van der Waals surface area contributed by atoms with Gasteiger partial charge < -0.3 is 9.88 Å². The Hall–Kier alpha value is -1.13. The molecule has 92 valence electrons. The van der Waals surface area contributed by atoms with Crippen molar-refractivity contribution >= 4 is 11.3 Å². The third-order valence-corrected chi connectivity index (χ3v) is 4.18. The van der Waals surface area contributed by atoms with Gasteiger partial charge in [0.05, 0.1) is 12.2 Å². The van der Waals surface area contributed by atoms with Crippen LogP contribution in [0.5, 0.6) is 0 Å². The molecular formula is C13H19N3S. The zero-order chi connectivity index (χ0) is 12.4. The Kier molecular flexibility index (Phi) is 3.64. The van der Waals surface area contributed by atoms with E-state index in [1.165, 1.54) is 15.6 Å². The van der Waals surface area contributed by atoms with Crippen LogP contribution in [0.1, 0.15) is 34.2 Å². The molecule has 0 spiro atoms. The predicted octanol–water partition coefficient (Wildman–Crippen LogP) is 2.89. The van der Waals surface area contributed by atoms with Crippen LogP contribution in [0.3, 0.4) is 0 Å². The molecule has 0 amide bonds. The Morgan fingerprint density at radius 1 is 1.47 bits per heavy atom. The monoisotopic (exact) mass is 249 g/mol. The fraction of sp³-hybridized carbons (Fsp3) is 0.462. The minimum atomic E-state index is 0.368. The highest BCUT2D eigenvalue weighted by Crippen LogP contribution is 2.20. The molecule has 0 aromatic carbocycles. The molecule has 4 heteroatoms. The van der Waals surface area contributed by atoms with E-state index in [0.29, 0.717) is 6.04 Å². The van der Waals surface area contributed by atoms with Crippen LogP contribution in [-0.4, -0.2) is 16.6 Å². The van der Waals surface area contributed by atoms with Crippen molar-refractivity contribution in [1.82, 2.24) is 14.9 Å². The smallest absolute Gasteiger partial charge is 0.113 e. The number of thiazole rings is 1. The molecule has 1 N–H and O–H groups in total. The van der Waals surface area contributed by atoms with E-state index in [4.69, 9.17) is 0 Å². The van der Waals surface area contributed by atoms with Crippen molar-refractivity contribution in [3.05, 3.63) is 39.6 Å². The van der Waals surface area contributed by atoms with Gasteiger partial charge in [-0.1, -0.05) is 0 Å². The maximum absolute atomic E-state index is 4.59. The van der Waals surface area contributed by atoms with Crippen LogP contribution in [0, 0.1) is 13.8 Å². The molecule has 0 aliphatic heterocycles. The van der Waals surface area contributed by atoms with E-state index in [2.05, 4.69) is 54.0 Å². The molecule has 0 aliphatic carbocycles. The van der Waals surface area contributed by atoms with Crippen LogP contribution in [0.2, 0.25) is 0 Å². The standard InChI is InChI=1S/C13H19N3S/c1-9-11(3)17-13(15-9)8-16-7-5-6-12(16)10(2)14-4/h5-7,10,14H,8H2,1-4H3. The van der Waals surface area contributed by atoms with Gasteiger partial charge in [-0.2, -0.15) is 0 Å². The van der Waals surface area contributed by atoms with E-state index in [1.54, 1.807) is 11.3 Å². The summed E-state index contributed by atoms with van der Waals surface area (Å²) in [5, 5.41) is 4.45. The quantitative estimate of drug-likeness (QED) is 0.903. The van der Waals surface area contributed by atoms with Crippen molar-refractivity contribution < 1.29 is 0 Å². The molecular weight excluding hydrogens is 230 g/mol. The number of hydrogen-bond acceptors (Lipinski definition) is 3. The van der Waals surface area contributed by atoms with Crippen LogP contribution in [0.15, 0.2) is 18.3 Å². The van der Waals surface area contributed by atoms with Gasteiger partial charge in [-0.15, -0.1) is 11.3 Å². The SMILES string of the molecule is CNC(C)c1cccn1Cc1nc(C)c(C)s1. The van der Waals surface area contributed by atoms with Crippen molar-refractivity contribution in [1.29, 1.82) is 0 Å². The first kappa shape index (κ1) is 12.3. The molecule has 0 fully saturated rings. The number of hydrogen-bond donors (Lipinski definition) is 1. The summed E-state index contributed by atoms with van der Waals surface area (Å²) in [6, 6.07) is 4.62. The van der Waals surface area contributed by atoms with Crippen molar-refractivity contribution in [3.8, 4) is 0 Å². The maximum atomic E-state index is 4.59.